The first-order chi connectivity index (χ1) is 9.19. The molecule has 0 aromatic heterocycles. The number of rotatable bonds is 4. The highest BCUT2D eigenvalue weighted by atomic mass is 16.5. The molecule has 0 radical (unpaired) electrons. The minimum atomic E-state index is -0.0968. The molecule has 0 spiro atoms. The predicted molar refractivity (Wildman–Crippen MR) is 73.6 cm³/mol. The molecule has 19 heavy (non-hydrogen) atoms. The van der Waals surface area contributed by atoms with Crippen molar-refractivity contribution in [3.63, 3.8) is 0 Å². The van der Waals surface area contributed by atoms with Crippen molar-refractivity contribution in [1.29, 1.82) is 0 Å². The Balaban J connectivity index is 2.01. The van der Waals surface area contributed by atoms with Gasteiger partial charge in [-0.05, 0) is 18.6 Å². The molecule has 2 rings (SSSR count). The third kappa shape index (κ3) is 3.86. The van der Waals surface area contributed by atoms with Gasteiger partial charge in [0.1, 0.15) is 0 Å². The van der Waals surface area contributed by atoms with E-state index in [0.717, 1.165) is 18.6 Å². The zero-order valence-corrected chi connectivity index (χ0v) is 11.1. The van der Waals surface area contributed by atoms with Gasteiger partial charge in [0.05, 0.1) is 13.2 Å². The van der Waals surface area contributed by atoms with Gasteiger partial charge in [-0.3, -0.25) is 4.79 Å². The maximum Gasteiger partial charge on any atom is 0.225 e. The van der Waals surface area contributed by atoms with E-state index >= 15 is 0 Å². The molecule has 0 saturated carbocycles. The number of carbonyl (C=O) groups is 1. The summed E-state index contributed by atoms with van der Waals surface area (Å²) in [5, 5.41) is 2.82. The largest absolute Gasteiger partial charge is 0.490 e. The van der Waals surface area contributed by atoms with E-state index < -0.39 is 0 Å². The molecule has 0 bridgehead atoms. The van der Waals surface area contributed by atoms with Gasteiger partial charge in [0, 0.05) is 30.6 Å². The van der Waals surface area contributed by atoms with E-state index in [0.29, 0.717) is 31.1 Å². The first-order valence-corrected chi connectivity index (χ1v) is 6.64. The number of fused-ring (bicyclic) bond motifs is 1. The van der Waals surface area contributed by atoms with E-state index in [1.165, 1.54) is 0 Å². The maximum atomic E-state index is 11.8. The van der Waals surface area contributed by atoms with E-state index in [9.17, 15) is 4.79 Å². The minimum Gasteiger partial charge on any atom is -0.490 e. The van der Waals surface area contributed by atoms with Crippen LogP contribution in [0.3, 0.4) is 0 Å². The Morgan fingerprint density at radius 2 is 2.11 bits per heavy atom. The van der Waals surface area contributed by atoms with Crippen LogP contribution in [0.2, 0.25) is 0 Å². The monoisotopic (exact) mass is 264 g/mol. The molecule has 104 valence electrons. The molecule has 5 heteroatoms. The van der Waals surface area contributed by atoms with Crippen LogP contribution in [0.25, 0.3) is 0 Å². The second kappa shape index (κ2) is 6.43. The normalized spacial score (nSPS) is 15.5. The van der Waals surface area contributed by atoms with Crippen molar-refractivity contribution in [3.05, 3.63) is 18.2 Å². The van der Waals surface area contributed by atoms with Crippen LogP contribution in [0.5, 0.6) is 11.5 Å². The second-order valence-corrected chi connectivity index (χ2v) is 4.63. The topological polar surface area (TPSA) is 73.6 Å². The molecule has 1 unspecified atom stereocenters. The summed E-state index contributed by atoms with van der Waals surface area (Å²) in [6, 6.07) is 5.31. The molecule has 5 nitrogen and oxygen atoms in total. The van der Waals surface area contributed by atoms with Crippen LogP contribution in [0.4, 0.5) is 5.69 Å². The van der Waals surface area contributed by atoms with Gasteiger partial charge in [0.25, 0.3) is 0 Å². The number of nitrogens with one attached hydrogen (secondary N) is 1. The van der Waals surface area contributed by atoms with Crippen LogP contribution >= 0.6 is 0 Å². The lowest BCUT2D eigenvalue weighted by Crippen LogP contribution is -2.26. The van der Waals surface area contributed by atoms with Crippen LogP contribution in [0.15, 0.2) is 18.2 Å². The van der Waals surface area contributed by atoms with Gasteiger partial charge in [-0.15, -0.1) is 0 Å². The van der Waals surface area contributed by atoms with Crippen LogP contribution in [-0.2, 0) is 4.79 Å². The van der Waals surface area contributed by atoms with Crippen molar-refractivity contribution in [2.75, 3.05) is 18.5 Å². The molecule has 0 saturated heterocycles. The van der Waals surface area contributed by atoms with E-state index in [1.54, 1.807) is 6.07 Å². The lowest BCUT2D eigenvalue weighted by atomic mass is 10.1. The van der Waals surface area contributed by atoms with Gasteiger partial charge in [-0.25, -0.2) is 0 Å². The van der Waals surface area contributed by atoms with Crippen molar-refractivity contribution < 1.29 is 14.3 Å². The van der Waals surface area contributed by atoms with Crippen molar-refractivity contribution in [3.8, 4) is 11.5 Å². The van der Waals surface area contributed by atoms with E-state index in [1.807, 2.05) is 19.1 Å². The van der Waals surface area contributed by atoms with Crippen LogP contribution < -0.4 is 20.5 Å². The van der Waals surface area contributed by atoms with Crippen LogP contribution in [-0.4, -0.2) is 25.2 Å². The first-order valence-electron chi connectivity index (χ1n) is 6.64. The van der Waals surface area contributed by atoms with Gasteiger partial charge in [0.2, 0.25) is 5.91 Å². The fourth-order valence-electron chi connectivity index (χ4n) is 1.84. The predicted octanol–water partition coefficient (Wildman–Crippen LogP) is 1.91. The molecule has 0 fully saturated rings. The smallest absolute Gasteiger partial charge is 0.225 e. The number of carbonyl (C=O) groups excluding carboxylic acids is 1. The summed E-state index contributed by atoms with van der Waals surface area (Å²) in [5.41, 5.74) is 6.46. The van der Waals surface area contributed by atoms with Gasteiger partial charge in [-0.2, -0.15) is 0 Å². The SMILES string of the molecule is CCC(N)CC(=O)Nc1ccc2c(c1)OCCCO2. The molecular formula is C14H20N2O3. The number of nitrogens with two attached hydrogens (primary N) is 1. The molecule has 1 aromatic rings. The number of anilines is 1. The number of hydrogen-bond acceptors (Lipinski definition) is 4. The average molecular weight is 264 g/mol. The number of benzene rings is 1. The summed E-state index contributed by atoms with van der Waals surface area (Å²) in [6.07, 6.45) is 1.97. The van der Waals surface area contributed by atoms with Crippen molar-refractivity contribution >= 4 is 11.6 Å². The molecule has 1 heterocycles. The standard InChI is InChI=1S/C14H20N2O3/c1-2-10(15)8-14(17)16-11-4-5-12-13(9-11)19-7-3-6-18-12/h4-5,9-10H,2-3,6-8,15H2,1H3,(H,16,17). The van der Waals surface area contributed by atoms with Gasteiger partial charge in [0.15, 0.2) is 11.5 Å². The zero-order valence-electron chi connectivity index (χ0n) is 11.1. The molecule has 1 aromatic carbocycles. The minimum absolute atomic E-state index is 0.0798. The van der Waals surface area contributed by atoms with Gasteiger partial charge >= 0.3 is 0 Å². The summed E-state index contributed by atoms with van der Waals surface area (Å²) in [6.45, 7) is 3.25. The summed E-state index contributed by atoms with van der Waals surface area (Å²) in [7, 11) is 0. The lowest BCUT2D eigenvalue weighted by molar-refractivity contribution is -0.116. The highest BCUT2D eigenvalue weighted by molar-refractivity contribution is 5.91. The first kappa shape index (κ1) is 13.7. The van der Waals surface area contributed by atoms with Crippen LogP contribution in [0, 0.1) is 0 Å². The Morgan fingerprint density at radius 3 is 2.84 bits per heavy atom. The number of hydrogen-bond donors (Lipinski definition) is 2. The molecule has 1 atom stereocenters. The molecule has 1 amide bonds. The summed E-state index contributed by atoms with van der Waals surface area (Å²) in [5.74, 6) is 1.32. The fraction of sp³-hybridized carbons (Fsp3) is 0.500. The Labute approximate surface area is 113 Å². The van der Waals surface area contributed by atoms with Gasteiger partial charge < -0.3 is 20.5 Å². The molecule has 1 aliphatic rings. The van der Waals surface area contributed by atoms with E-state index in [-0.39, 0.29) is 11.9 Å². The van der Waals surface area contributed by atoms with Gasteiger partial charge in [-0.1, -0.05) is 6.92 Å². The quantitative estimate of drug-likeness (QED) is 0.871. The third-order valence-corrected chi connectivity index (χ3v) is 3.00. The number of ether oxygens (including phenoxy) is 2. The molecular weight excluding hydrogens is 244 g/mol. The average Bonchev–Trinajstić information content (AvgIpc) is 2.63. The summed E-state index contributed by atoms with van der Waals surface area (Å²) < 4.78 is 11.1. The number of amides is 1. The molecule has 1 aliphatic heterocycles. The maximum absolute atomic E-state index is 11.8. The Kier molecular flexibility index (Phi) is 4.63. The Bertz CT molecular complexity index is 448. The van der Waals surface area contributed by atoms with Crippen molar-refractivity contribution in [2.45, 2.75) is 32.2 Å². The Hall–Kier alpha value is -1.75. The molecule has 3 N–H and O–H groups in total. The third-order valence-electron chi connectivity index (χ3n) is 3.00. The van der Waals surface area contributed by atoms with Crippen molar-refractivity contribution in [1.82, 2.24) is 0 Å². The van der Waals surface area contributed by atoms with Crippen LogP contribution in [0.1, 0.15) is 26.2 Å². The van der Waals surface area contributed by atoms with E-state index in [4.69, 9.17) is 15.2 Å². The summed E-state index contributed by atoms with van der Waals surface area (Å²) >= 11 is 0. The molecule has 0 aliphatic carbocycles. The highest BCUT2D eigenvalue weighted by Gasteiger charge is 2.12. The summed E-state index contributed by atoms with van der Waals surface area (Å²) in [4.78, 5) is 11.8. The van der Waals surface area contributed by atoms with Crippen molar-refractivity contribution in [2.24, 2.45) is 5.73 Å². The second-order valence-electron chi connectivity index (χ2n) is 4.63. The fourth-order valence-corrected chi connectivity index (χ4v) is 1.84. The Morgan fingerprint density at radius 1 is 1.37 bits per heavy atom. The lowest BCUT2D eigenvalue weighted by Gasteiger charge is -2.12. The zero-order chi connectivity index (χ0) is 13.7. The van der Waals surface area contributed by atoms with E-state index in [2.05, 4.69) is 5.32 Å². The highest BCUT2D eigenvalue weighted by Crippen LogP contribution is 2.32.